The average Bonchev–Trinajstić information content (AvgIpc) is 2.59. The second kappa shape index (κ2) is 8.59. The first-order valence-corrected chi connectivity index (χ1v) is 10.6. The maximum atomic E-state index is 12.3. The molecule has 1 aliphatic heterocycles. The van der Waals surface area contributed by atoms with E-state index in [0.29, 0.717) is 31.2 Å². The number of rotatable bonds is 5. The van der Waals surface area contributed by atoms with Gasteiger partial charge in [-0.05, 0) is 38.5 Å². The van der Waals surface area contributed by atoms with Crippen LogP contribution in [-0.4, -0.2) is 62.2 Å². The number of alkyl halides is 3. The molecule has 0 radical (unpaired) electrons. The highest BCUT2D eigenvalue weighted by atomic mass is 32.2. The number of hydrogen-bond acceptors (Lipinski definition) is 4. The Morgan fingerprint density at radius 2 is 2.07 bits per heavy atom. The molecule has 158 valence electrons. The van der Waals surface area contributed by atoms with Gasteiger partial charge in [0.15, 0.2) is 22.4 Å². The molecule has 1 aromatic carbocycles. The van der Waals surface area contributed by atoms with Gasteiger partial charge in [0.05, 0.1) is 17.0 Å². The van der Waals surface area contributed by atoms with Crippen LogP contribution in [-0.2, 0) is 16.4 Å². The Bertz CT molecular complexity index is 808. The van der Waals surface area contributed by atoms with E-state index in [9.17, 15) is 21.6 Å². The molecule has 10 heteroatoms. The van der Waals surface area contributed by atoms with Crippen molar-refractivity contribution in [1.82, 2.24) is 10.2 Å². The third kappa shape index (κ3) is 6.02. The summed E-state index contributed by atoms with van der Waals surface area (Å²) in [5.74, 6) is 0.748. The van der Waals surface area contributed by atoms with Gasteiger partial charge in [0.25, 0.3) is 0 Å². The second-order valence-corrected chi connectivity index (χ2v) is 9.96. The van der Waals surface area contributed by atoms with E-state index in [2.05, 4.69) is 10.3 Å². The summed E-state index contributed by atoms with van der Waals surface area (Å²) in [6.07, 6.45) is -4.40. The molecule has 1 saturated heterocycles. The zero-order chi connectivity index (χ0) is 21.0. The van der Waals surface area contributed by atoms with Gasteiger partial charge in [-0.2, -0.15) is 13.2 Å². The number of hydrogen-bond donors (Lipinski definition) is 1. The highest BCUT2D eigenvalue weighted by molar-refractivity contribution is 7.92. The van der Waals surface area contributed by atoms with Crippen molar-refractivity contribution in [1.29, 1.82) is 0 Å². The molecule has 0 unspecified atom stereocenters. The first-order valence-electron chi connectivity index (χ1n) is 8.97. The highest BCUT2D eigenvalue weighted by Crippen LogP contribution is 2.24. The van der Waals surface area contributed by atoms with Crippen LogP contribution in [0, 0.1) is 0 Å². The topological polar surface area (TPSA) is 71.0 Å². The lowest BCUT2D eigenvalue weighted by Gasteiger charge is -2.39. The summed E-state index contributed by atoms with van der Waals surface area (Å²) in [6, 6.07) is 6.34. The number of benzene rings is 1. The monoisotopic (exact) mass is 421 g/mol. The van der Waals surface area contributed by atoms with E-state index >= 15 is 0 Å². The smallest absolute Gasteiger partial charge is 0.422 e. The Kier molecular flexibility index (Phi) is 6.84. The minimum Gasteiger partial charge on any atom is -0.484 e. The summed E-state index contributed by atoms with van der Waals surface area (Å²) in [5.41, 5.74) is 0.693. The molecular weight excluding hydrogens is 395 g/mol. The Morgan fingerprint density at radius 1 is 1.36 bits per heavy atom. The molecule has 0 atom stereocenters. The molecule has 0 spiro atoms. The molecule has 0 aromatic heterocycles. The number of sulfone groups is 1. The number of ether oxygens (including phenoxy) is 1. The molecule has 1 aromatic rings. The van der Waals surface area contributed by atoms with Crippen LogP contribution in [0.5, 0.6) is 5.75 Å². The Labute approximate surface area is 163 Å². The zero-order valence-electron chi connectivity index (χ0n) is 16.2. The van der Waals surface area contributed by atoms with Gasteiger partial charge in [-0.3, -0.25) is 0 Å². The molecular formula is C18H26F3N3O3S. The average molecular weight is 421 g/mol. The Balaban J connectivity index is 2.11. The van der Waals surface area contributed by atoms with Crippen LogP contribution in [0.25, 0.3) is 0 Å². The van der Waals surface area contributed by atoms with Gasteiger partial charge in [-0.25, -0.2) is 13.4 Å². The van der Waals surface area contributed by atoms with Gasteiger partial charge in [-0.15, -0.1) is 0 Å². The lowest BCUT2D eigenvalue weighted by Crippen LogP contribution is -2.57. The molecule has 0 amide bonds. The maximum absolute atomic E-state index is 12.3. The van der Waals surface area contributed by atoms with Crippen molar-refractivity contribution < 1.29 is 26.3 Å². The van der Waals surface area contributed by atoms with Crippen molar-refractivity contribution in [3.8, 4) is 5.75 Å². The highest BCUT2D eigenvalue weighted by Gasteiger charge is 2.40. The molecule has 0 bridgehead atoms. The van der Waals surface area contributed by atoms with E-state index in [1.807, 2.05) is 11.8 Å². The van der Waals surface area contributed by atoms with Crippen LogP contribution in [0.3, 0.4) is 0 Å². The van der Waals surface area contributed by atoms with Crippen molar-refractivity contribution in [2.75, 3.05) is 32.0 Å². The second-order valence-electron chi connectivity index (χ2n) is 7.22. The fourth-order valence-corrected chi connectivity index (χ4v) is 4.18. The van der Waals surface area contributed by atoms with Gasteiger partial charge in [0, 0.05) is 19.6 Å². The fraction of sp³-hybridized carbons (Fsp3) is 0.611. The van der Waals surface area contributed by atoms with E-state index in [1.54, 1.807) is 26.0 Å². The zero-order valence-corrected chi connectivity index (χ0v) is 17.0. The number of aliphatic imine (C=N–C) groups is 1. The standard InChI is InChI=1S/C18H26F3N3O3S/c1-4-22-16(24-8-9-28(25,26)17(2,3)12-24)23-11-14-6-5-7-15(10-14)27-13-18(19,20)21/h5-7,10H,4,8-9,11-13H2,1-3H3,(H,22,23). The van der Waals surface area contributed by atoms with E-state index in [0.717, 1.165) is 0 Å². The lowest BCUT2D eigenvalue weighted by atomic mass is 10.2. The number of nitrogens with one attached hydrogen (secondary N) is 1. The van der Waals surface area contributed by atoms with Crippen LogP contribution >= 0.6 is 0 Å². The van der Waals surface area contributed by atoms with Crippen molar-refractivity contribution in [3.05, 3.63) is 29.8 Å². The molecule has 1 aliphatic rings. The molecule has 0 saturated carbocycles. The van der Waals surface area contributed by atoms with Crippen LogP contribution in [0.15, 0.2) is 29.3 Å². The van der Waals surface area contributed by atoms with Crippen molar-refractivity contribution in [3.63, 3.8) is 0 Å². The third-order valence-electron chi connectivity index (χ3n) is 4.39. The Morgan fingerprint density at radius 3 is 2.68 bits per heavy atom. The fourth-order valence-electron chi connectivity index (χ4n) is 2.82. The van der Waals surface area contributed by atoms with Gasteiger partial charge in [0.1, 0.15) is 5.75 Å². The minimum absolute atomic E-state index is 0.0468. The van der Waals surface area contributed by atoms with Crippen molar-refractivity contribution in [2.24, 2.45) is 4.99 Å². The Hall–Kier alpha value is -1.97. The first-order chi connectivity index (χ1) is 12.9. The summed E-state index contributed by atoms with van der Waals surface area (Å²) < 4.78 is 65.2. The van der Waals surface area contributed by atoms with Crippen LogP contribution in [0.2, 0.25) is 0 Å². The summed E-state index contributed by atoms with van der Waals surface area (Å²) in [5, 5.41) is 3.15. The molecule has 28 heavy (non-hydrogen) atoms. The molecule has 6 nitrogen and oxygen atoms in total. The van der Waals surface area contributed by atoms with Crippen molar-refractivity contribution >= 4 is 15.8 Å². The van der Waals surface area contributed by atoms with Gasteiger partial charge >= 0.3 is 6.18 Å². The molecule has 0 aliphatic carbocycles. The van der Waals surface area contributed by atoms with Crippen LogP contribution in [0.4, 0.5) is 13.2 Å². The SMILES string of the molecule is CCNC(=NCc1cccc(OCC(F)(F)F)c1)N1CCS(=O)(=O)C(C)(C)C1. The molecule has 1 N–H and O–H groups in total. The minimum atomic E-state index is -4.40. The summed E-state index contributed by atoms with van der Waals surface area (Å²) in [6.45, 7) is 5.44. The normalized spacial score (nSPS) is 19.4. The third-order valence-corrected chi connectivity index (χ3v) is 6.92. The van der Waals surface area contributed by atoms with E-state index in [4.69, 9.17) is 4.74 Å². The lowest BCUT2D eigenvalue weighted by molar-refractivity contribution is -0.153. The van der Waals surface area contributed by atoms with E-state index in [-0.39, 0.29) is 18.0 Å². The van der Waals surface area contributed by atoms with Crippen LogP contribution in [0.1, 0.15) is 26.3 Å². The maximum Gasteiger partial charge on any atom is 0.422 e. The number of nitrogens with zero attached hydrogens (tertiary/aromatic N) is 2. The van der Waals surface area contributed by atoms with E-state index < -0.39 is 27.4 Å². The molecule has 2 rings (SSSR count). The predicted octanol–water partition coefficient (Wildman–Crippen LogP) is 2.60. The predicted molar refractivity (Wildman–Crippen MR) is 102 cm³/mol. The largest absolute Gasteiger partial charge is 0.484 e. The number of guanidine groups is 1. The van der Waals surface area contributed by atoms with Crippen molar-refractivity contribution in [2.45, 2.75) is 38.2 Å². The summed E-state index contributed by atoms with van der Waals surface area (Å²) in [4.78, 5) is 6.43. The van der Waals surface area contributed by atoms with Gasteiger partial charge in [0.2, 0.25) is 0 Å². The quantitative estimate of drug-likeness (QED) is 0.585. The van der Waals surface area contributed by atoms with Gasteiger partial charge in [-0.1, -0.05) is 12.1 Å². The van der Waals surface area contributed by atoms with E-state index in [1.165, 1.54) is 12.1 Å². The summed E-state index contributed by atoms with van der Waals surface area (Å²) >= 11 is 0. The first kappa shape index (κ1) is 22.3. The molecule has 1 heterocycles. The van der Waals surface area contributed by atoms with Crippen LogP contribution < -0.4 is 10.1 Å². The number of halogens is 3. The summed E-state index contributed by atoms with van der Waals surface area (Å²) in [7, 11) is -3.17. The van der Waals surface area contributed by atoms with Gasteiger partial charge < -0.3 is 15.0 Å². The molecule has 1 fully saturated rings.